The van der Waals surface area contributed by atoms with Crippen molar-refractivity contribution in [2.45, 2.75) is 33.5 Å². The highest BCUT2D eigenvalue weighted by Crippen LogP contribution is 2.79. The van der Waals surface area contributed by atoms with Crippen LogP contribution in [0.15, 0.2) is 11.5 Å². The van der Waals surface area contributed by atoms with Crippen LogP contribution in [0, 0.1) is 0 Å². The Morgan fingerprint density at radius 1 is 1.26 bits per heavy atom. The maximum absolute atomic E-state index is 12.3. The van der Waals surface area contributed by atoms with Gasteiger partial charge in [0, 0.05) is 0 Å². The maximum atomic E-state index is 12.3. The van der Waals surface area contributed by atoms with E-state index in [0.717, 1.165) is 0 Å². The lowest BCUT2D eigenvalue weighted by atomic mass is 10.1. The molecule has 0 aliphatic carbocycles. The van der Waals surface area contributed by atoms with Gasteiger partial charge < -0.3 is 39.9 Å². The summed E-state index contributed by atoms with van der Waals surface area (Å²) in [6.45, 7) is -0.879. The van der Waals surface area contributed by atoms with Crippen molar-refractivity contribution in [3.63, 3.8) is 0 Å². The summed E-state index contributed by atoms with van der Waals surface area (Å²) in [5, 5.41) is 21.1. The summed E-state index contributed by atoms with van der Waals surface area (Å²) in [7, 11) is -11.3. The molecule has 0 spiro atoms. The second-order valence-corrected chi connectivity index (χ2v) is 15.9. The number of nitrogens with two attached hydrogens (primary N) is 1. The lowest BCUT2D eigenvalue weighted by Gasteiger charge is -2.28. The van der Waals surface area contributed by atoms with Gasteiger partial charge in [-0.2, -0.15) is 0 Å². The van der Waals surface area contributed by atoms with E-state index < -0.39 is 57.6 Å². The molecule has 194 valence electrons. The van der Waals surface area contributed by atoms with Crippen LogP contribution in [0.2, 0.25) is 0 Å². The number of fused-ring (bicyclic) bond motifs is 1. The minimum Gasteiger partial charge on any atom is -0.387 e. The third-order valence-corrected chi connectivity index (χ3v) is 12.9. The zero-order valence-corrected chi connectivity index (χ0v) is 22.2. The van der Waals surface area contributed by atoms with E-state index in [9.17, 15) is 28.8 Å². The van der Waals surface area contributed by atoms with Gasteiger partial charge in [0.1, 0.15) is 23.8 Å². The predicted octanol–water partition coefficient (Wildman–Crippen LogP) is 0.511. The Bertz CT molecular complexity index is 1270. The van der Waals surface area contributed by atoms with E-state index in [4.69, 9.17) is 55.5 Å². The van der Waals surface area contributed by atoms with Crippen molar-refractivity contribution in [3.05, 3.63) is 6.33 Å². The van der Waals surface area contributed by atoms with Gasteiger partial charge in [-0.05, 0) is 6.26 Å². The first-order valence-electron chi connectivity index (χ1n) is 8.98. The fourth-order valence-corrected chi connectivity index (χ4v) is 7.60. The van der Waals surface area contributed by atoms with Crippen LogP contribution in [0.3, 0.4) is 0 Å². The van der Waals surface area contributed by atoms with Gasteiger partial charge in [0.25, 0.3) is 7.47 Å². The highest BCUT2D eigenvalue weighted by Gasteiger charge is 2.62. The lowest BCUT2D eigenvalue weighted by molar-refractivity contribution is -0.0478. The van der Waals surface area contributed by atoms with E-state index in [1.54, 1.807) is 6.26 Å². The fraction of sp³-hybridized carbons (Fsp3) is 0.583. The molecule has 7 N–H and O–H groups in total. The molecule has 2 aromatic heterocycles. The van der Waals surface area contributed by atoms with Crippen molar-refractivity contribution < 1.29 is 52.2 Å². The molecule has 2 radical (unpaired) electrons. The van der Waals surface area contributed by atoms with Gasteiger partial charge in [0.2, 0.25) is 7.57 Å². The quantitative estimate of drug-likeness (QED) is 0.0740. The molecule has 3 heterocycles. The minimum absolute atomic E-state index is 0.0608. The van der Waals surface area contributed by atoms with Gasteiger partial charge in [-0.15, -0.1) is 0 Å². The first-order valence-corrected chi connectivity index (χ1v) is 15.8. The smallest absolute Gasteiger partial charge is 0.383 e. The Kier molecular flexibility index (Phi) is 8.46. The third kappa shape index (κ3) is 5.76. The van der Waals surface area contributed by atoms with E-state index >= 15 is 0 Å². The second kappa shape index (κ2) is 10.1. The summed E-state index contributed by atoms with van der Waals surface area (Å²) in [5.74, 6) is 0.0608. The van der Waals surface area contributed by atoms with Crippen LogP contribution < -0.4 is 5.73 Å². The topological polar surface area (TPSA) is 250 Å². The molecule has 0 saturated carbocycles. The number of ether oxygens (including phenoxy) is 1. The lowest BCUT2D eigenvalue weighted by Crippen LogP contribution is -2.33. The number of aliphatic hydroxyl groups is 2. The SMILES string of the molecule is [B]P(=O)(OC[C@H]1O[C@@H](n2cnc3c(N)nc(SC)nc32)[C@H](O)[C@@H]1O)OP(=O)(O)C(Cl)(Cl)P(=O)(O)O. The monoisotopic (exact) mass is 613 g/mol. The average molecular weight is 614 g/mol. The average Bonchev–Trinajstić information content (AvgIpc) is 3.26. The molecule has 1 fully saturated rings. The van der Waals surface area contributed by atoms with Gasteiger partial charge >= 0.3 is 19.0 Å². The molecule has 16 nitrogen and oxygen atoms in total. The van der Waals surface area contributed by atoms with Crippen molar-refractivity contribution in [3.8, 4) is 0 Å². The first-order chi connectivity index (χ1) is 15.9. The Morgan fingerprint density at radius 2 is 1.89 bits per heavy atom. The molecule has 1 aliphatic rings. The predicted molar refractivity (Wildman–Crippen MR) is 124 cm³/mol. The van der Waals surface area contributed by atoms with Crippen LogP contribution in [-0.4, -0.2) is 87.0 Å². The van der Waals surface area contributed by atoms with Gasteiger partial charge in [0.15, 0.2) is 22.8 Å². The molecule has 2 aromatic rings. The van der Waals surface area contributed by atoms with Crippen molar-refractivity contribution in [1.29, 1.82) is 0 Å². The van der Waals surface area contributed by atoms with Crippen LogP contribution in [0.4, 0.5) is 5.82 Å². The van der Waals surface area contributed by atoms with Gasteiger partial charge in [-0.25, -0.2) is 19.3 Å². The Balaban J connectivity index is 1.76. The fourth-order valence-electron chi connectivity index (χ4n) is 2.86. The number of nitrogens with zero attached hydrogens (tertiary/aromatic N) is 4. The van der Waals surface area contributed by atoms with Crippen LogP contribution in [0.25, 0.3) is 11.2 Å². The summed E-state index contributed by atoms with van der Waals surface area (Å²) in [5.41, 5.74) is 6.22. The van der Waals surface area contributed by atoms with Crippen LogP contribution in [0.5, 0.6) is 0 Å². The number of aliphatic hydroxyl groups excluding tert-OH is 2. The van der Waals surface area contributed by atoms with Crippen LogP contribution in [0.1, 0.15) is 6.23 Å². The summed E-state index contributed by atoms with van der Waals surface area (Å²) in [6.07, 6.45) is -3.04. The summed E-state index contributed by atoms with van der Waals surface area (Å²) < 4.78 is 47.7. The van der Waals surface area contributed by atoms with E-state index in [2.05, 4.69) is 19.3 Å². The minimum atomic E-state index is -5.76. The van der Waals surface area contributed by atoms with Crippen LogP contribution >= 0.6 is 57.6 Å². The molecule has 0 amide bonds. The highest BCUT2D eigenvalue weighted by molar-refractivity contribution is 7.98. The second-order valence-electron chi connectivity index (χ2n) is 6.96. The third-order valence-electron chi connectivity index (χ3n) is 4.56. The Morgan fingerprint density at radius 3 is 2.46 bits per heavy atom. The molecule has 0 aromatic carbocycles. The van der Waals surface area contributed by atoms with E-state index in [1.807, 2.05) is 0 Å². The molecular weight excluding hydrogens is 597 g/mol. The van der Waals surface area contributed by atoms with Crippen molar-refractivity contribution >= 4 is 82.2 Å². The van der Waals surface area contributed by atoms with Crippen molar-refractivity contribution in [2.75, 3.05) is 18.6 Å². The molecule has 1 aliphatic heterocycles. The summed E-state index contributed by atoms with van der Waals surface area (Å²) in [6, 6.07) is 0. The number of alkyl halides is 2. The maximum Gasteiger partial charge on any atom is 0.383 e. The number of aromatic nitrogens is 4. The number of nitrogen functional groups attached to an aromatic ring is 1. The number of hydrogen-bond acceptors (Lipinski definition) is 13. The normalized spacial score (nSPS) is 27.1. The highest BCUT2D eigenvalue weighted by atomic mass is 35.5. The van der Waals surface area contributed by atoms with Crippen LogP contribution in [-0.2, 0) is 27.3 Å². The van der Waals surface area contributed by atoms with E-state index in [0.29, 0.717) is 5.16 Å². The molecule has 0 bridgehead atoms. The largest absolute Gasteiger partial charge is 0.387 e. The summed E-state index contributed by atoms with van der Waals surface area (Å²) >= 11 is 11.7. The molecule has 35 heavy (non-hydrogen) atoms. The summed E-state index contributed by atoms with van der Waals surface area (Å²) in [4.78, 5) is 40.2. The van der Waals surface area contributed by atoms with Gasteiger partial charge in [-0.1, -0.05) is 35.0 Å². The Hall–Kier alpha value is -0.285. The molecule has 3 rings (SSSR count). The Labute approximate surface area is 212 Å². The number of anilines is 1. The number of halogens is 2. The molecule has 6 atom stereocenters. The zero-order valence-electron chi connectivity index (χ0n) is 17.2. The van der Waals surface area contributed by atoms with E-state index in [1.165, 1.54) is 22.7 Å². The number of imidazole rings is 1. The zero-order chi connectivity index (χ0) is 26.6. The molecular formula is C12H17BCl2N5O11P3S. The van der Waals surface area contributed by atoms with Crippen molar-refractivity contribution in [1.82, 2.24) is 19.5 Å². The number of thioether (sulfide) groups is 1. The number of rotatable bonds is 9. The number of hydrogen-bond donors (Lipinski definition) is 6. The van der Waals surface area contributed by atoms with E-state index in [-0.39, 0.29) is 17.0 Å². The van der Waals surface area contributed by atoms with Gasteiger partial charge in [-0.3, -0.25) is 18.3 Å². The van der Waals surface area contributed by atoms with Gasteiger partial charge in [0.05, 0.1) is 12.9 Å². The van der Waals surface area contributed by atoms with Crippen molar-refractivity contribution in [2.24, 2.45) is 0 Å². The first kappa shape index (κ1) is 29.3. The molecule has 1 saturated heterocycles. The molecule has 2 unspecified atom stereocenters. The molecule has 23 heteroatoms. The standard InChI is InChI=1S/C12H17BCl2N5O11P3S/c1-35-11-18-8(16)5-9(19-11)20(3-17-5)10-7(22)6(21)4(30-10)2-29-34(13,28)31-33(26,27)12(14,15)32(23,24)25/h3-4,6-7,10,21-22H,2H2,1H3,(H,26,27)(H2,16,18,19)(H2,23,24,25)/t4-,6-,7-,10-,34?/m1/s1.